The Hall–Kier alpha value is -2.91. The minimum absolute atomic E-state index is 0.0161. The van der Waals surface area contributed by atoms with Crippen molar-refractivity contribution < 1.29 is 14.3 Å². The highest BCUT2D eigenvalue weighted by molar-refractivity contribution is 8.26. The van der Waals surface area contributed by atoms with Crippen LogP contribution >= 0.6 is 24.0 Å². The maximum absolute atomic E-state index is 13.2. The van der Waals surface area contributed by atoms with E-state index in [2.05, 4.69) is 0 Å². The van der Waals surface area contributed by atoms with Crippen LogP contribution in [0.5, 0.6) is 5.75 Å². The molecule has 2 saturated heterocycles. The summed E-state index contributed by atoms with van der Waals surface area (Å²) >= 11 is 6.63. The Bertz CT molecular complexity index is 1240. The fourth-order valence-corrected chi connectivity index (χ4v) is 6.11. The van der Waals surface area contributed by atoms with E-state index in [4.69, 9.17) is 17.0 Å². The number of ether oxygens (including phenoxy) is 1. The molecular weight excluding hydrogens is 458 g/mol. The summed E-state index contributed by atoms with van der Waals surface area (Å²) in [4.78, 5) is 42.1. The van der Waals surface area contributed by atoms with Crippen LogP contribution in [0.15, 0.2) is 52.2 Å². The molecule has 0 spiro atoms. The number of likely N-dealkylation sites (tertiary alicyclic amines) is 1. The van der Waals surface area contributed by atoms with Crippen LogP contribution in [0.25, 0.3) is 6.08 Å². The average Bonchev–Trinajstić information content (AvgIpc) is 3.07. The third-order valence-corrected chi connectivity index (χ3v) is 7.77. The molecule has 0 saturated carbocycles. The molecule has 2 bridgehead atoms. The fourth-order valence-electron chi connectivity index (χ4n) is 4.85. The number of aromatic nitrogens is 1. The number of carbonyl (C=O) groups is 2. The molecule has 2 aromatic rings. The average molecular weight is 482 g/mol. The van der Waals surface area contributed by atoms with Gasteiger partial charge in [0.2, 0.25) is 5.91 Å². The van der Waals surface area contributed by atoms with Crippen molar-refractivity contribution in [3.8, 4) is 5.75 Å². The second kappa shape index (κ2) is 8.79. The van der Waals surface area contributed by atoms with E-state index in [0.29, 0.717) is 34.6 Å². The first-order valence-corrected chi connectivity index (χ1v) is 12.0. The summed E-state index contributed by atoms with van der Waals surface area (Å²) < 4.78 is 7.47. The molecule has 3 aliphatic rings. The quantitative estimate of drug-likeness (QED) is 0.494. The van der Waals surface area contributed by atoms with Crippen molar-refractivity contribution >= 4 is 46.2 Å². The van der Waals surface area contributed by atoms with E-state index in [-0.39, 0.29) is 35.8 Å². The normalized spacial score (nSPS) is 23.1. The SMILES string of the molecule is COc1cccc(C=C2SC(=S)N(CC(=O)N3CC4CC(C3)c3cccc(=O)n3C4)C2=O)c1. The number of amides is 2. The van der Waals surface area contributed by atoms with Gasteiger partial charge in [0.05, 0.1) is 12.0 Å². The van der Waals surface area contributed by atoms with Gasteiger partial charge >= 0.3 is 0 Å². The zero-order chi connectivity index (χ0) is 23.1. The molecule has 2 unspecified atom stereocenters. The number of rotatable bonds is 4. The third kappa shape index (κ3) is 4.22. The van der Waals surface area contributed by atoms with Gasteiger partial charge in [0.15, 0.2) is 0 Å². The number of benzene rings is 1. The summed E-state index contributed by atoms with van der Waals surface area (Å²) in [7, 11) is 1.59. The van der Waals surface area contributed by atoms with Crippen molar-refractivity contribution in [2.75, 3.05) is 26.7 Å². The van der Waals surface area contributed by atoms with Crippen LogP contribution in [0.2, 0.25) is 0 Å². The molecule has 9 heteroatoms. The first-order valence-electron chi connectivity index (χ1n) is 10.8. The molecule has 0 radical (unpaired) electrons. The summed E-state index contributed by atoms with van der Waals surface area (Å²) in [6, 6.07) is 12.8. The predicted octanol–water partition coefficient (Wildman–Crippen LogP) is 2.70. The first-order chi connectivity index (χ1) is 15.9. The van der Waals surface area contributed by atoms with Gasteiger partial charge in [-0.15, -0.1) is 0 Å². The van der Waals surface area contributed by atoms with Crippen molar-refractivity contribution in [2.24, 2.45) is 5.92 Å². The lowest BCUT2D eigenvalue weighted by molar-refractivity contribution is -0.137. The second-order valence-corrected chi connectivity index (χ2v) is 10.2. The number of fused-ring (bicyclic) bond motifs is 4. The Kier molecular flexibility index (Phi) is 5.84. The maximum Gasteiger partial charge on any atom is 0.266 e. The van der Waals surface area contributed by atoms with E-state index in [9.17, 15) is 14.4 Å². The molecule has 2 fully saturated rings. The van der Waals surface area contributed by atoms with E-state index in [1.807, 2.05) is 39.8 Å². The lowest BCUT2D eigenvalue weighted by Crippen LogP contribution is -2.51. The number of hydrogen-bond donors (Lipinski definition) is 0. The lowest BCUT2D eigenvalue weighted by Gasteiger charge is -2.43. The van der Waals surface area contributed by atoms with E-state index < -0.39 is 0 Å². The molecule has 7 nitrogen and oxygen atoms in total. The molecule has 2 amide bonds. The van der Waals surface area contributed by atoms with Crippen LogP contribution < -0.4 is 10.3 Å². The monoisotopic (exact) mass is 481 g/mol. The highest BCUT2D eigenvalue weighted by atomic mass is 32.2. The Morgan fingerprint density at radius 3 is 2.82 bits per heavy atom. The summed E-state index contributed by atoms with van der Waals surface area (Å²) in [5.74, 6) is 0.702. The number of piperidine rings is 1. The van der Waals surface area contributed by atoms with Crippen LogP contribution in [0.1, 0.15) is 23.6 Å². The Labute approximate surface area is 201 Å². The lowest BCUT2D eigenvalue weighted by atomic mass is 9.83. The standard InChI is InChI=1S/C24H23N3O4S2/c1-31-18-5-2-4-15(9-18)10-20-23(30)27(24(32)33-20)14-22(29)25-11-16-8-17(13-25)19-6-3-7-21(28)26(19)12-16/h2-7,9-10,16-17H,8,11-14H2,1H3. The minimum atomic E-state index is -0.254. The minimum Gasteiger partial charge on any atom is -0.497 e. The van der Waals surface area contributed by atoms with Crippen molar-refractivity contribution in [1.29, 1.82) is 0 Å². The summed E-state index contributed by atoms with van der Waals surface area (Å²) in [5, 5.41) is 0. The van der Waals surface area contributed by atoms with Gasteiger partial charge in [-0.05, 0) is 42.2 Å². The number of thiocarbonyl (C=S) groups is 1. The number of pyridine rings is 1. The number of nitrogens with zero attached hydrogens (tertiary/aromatic N) is 3. The van der Waals surface area contributed by atoms with Crippen LogP contribution in [0, 0.1) is 5.92 Å². The molecule has 2 atom stereocenters. The van der Waals surface area contributed by atoms with Gasteiger partial charge < -0.3 is 14.2 Å². The van der Waals surface area contributed by atoms with Crippen molar-refractivity contribution in [3.63, 3.8) is 0 Å². The van der Waals surface area contributed by atoms with Gasteiger partial charge in [-0.1, -0.05) is 42.2 Å². The Morgan fingerprint density at radius 2 is 2.00 bits per heavy atom. The largest absolute Gasteiger partial charge is 0.497 e. The molecule has 5 rings (SSSR count). The predicted molar refractivity (Wildman–Crippen MR) is 131 cm³/mol. The van der Waals surface area contributed by atoms with E-state index >= 15 is 0 Å². The summed E-state index contributed by atoms with van der Waals surface area (Å²) in [6.07, 6.45) is 2.74. The second-order valence-electron chi connectivity index (χ2n) is 8.54. The highest BCUT2D eigenvalue weighted by Gasteiger charge is 2.39. The first kappa shape index (κ1) is 21.9. The van der Waals surface area contributed by atoms with Gasteiger partial charge in [0, 0.05) is 37.3 Å². The highest BCUT2D eigenvalue weighted by Crippen LogP contribution is 2.36. The zero-order valence-corrected chi connectivity index (χ0v) is 19.7. The molecule has 0 aliphatic carbocycles. The van der Waals surface area contributed by atoms with Gasteiger partial charge in [-0.3, -0.25) is 19.3 Å². The molecular formula is C24H23N3O4S2. The van der Waals surface area contributed by atoms with E-state index in [0.717, 1.165) is 17.7 Å². The molecule has 1 aromatic heterocycles. The number of methoxy groups -OCH3 is 1. The smallest absolute Gasteiger partial charge is 0.266 e. The van der Waals surface area contributed by atoms with Crippen molar-refractivity contribution in [3.05, 3.63) is 69.0 Å². The van der Waals surface area contributed by atoms with Gasteiger partial charge in [0.25, 0.3) is 11.5 Å². The number of hydrogen-bond acceptors (Lipinski definition) is 6. The summed E-state index contributed by atoms with van der Waals surface area (Å²) in [5.41, 5.74) is 1.84. The number of thioether (sulfide) groups is 1. The molecule has 170 valence electrons. The van der Waals surface area contributed by atoms with Crippen LogP contribution in [-0.4, -0.2) is 57.2 Å². The molecule has 3 aliphatic heterocycles. The van der Waals surface area contributed by atoms with Gasteiger partial charge in [-0.25, -0.2) is 0 Å². The fraction of sp³-hybridized carbons (Fsp3) is 0.333. The van der Waals surface area contributed by atoms with Crippen molar-refractivity contribution in [1.82, 2.24) is 14.4 Å². The van der Waals surface area contributed by atoms with Crippen molar-refractivity contribution in [2.45, 2.75) is 18.9 Å². The molecule has 33 heavy (non-hydrogen) atoms. The zero-order valence-electron chi connectivity index (χ0n) is 18.1. The van der Waals surface area contributed by atoms with Crippen LogP contribution in [-0.2, 0) is 16.1 Å². The van der Waals surface area contributed by atoms with E-state index in [1.54, 1.807) is 25.3 Å². The molecule has 4 heterocycles. The maximum atomic E-state index is 13.2. The Morgan fingerprint density at radius 1 is 1.18 bits per heavy atom. The van der Waals surface area contributed by atoms with Crippen LogP contribution in [0.4, 0.5) is 0 Å². The van der Waals surface area contributed by atoms with E-state index in [1.165, 1.54) is 16.7 Å². The third-order valence-electron chi connectivity index (χ3n) is 6.39. The molecule has 1 aromatic carbocycles. The molecule has 0 N–H and O–H groups in total. The number of carbonyl (C=O) groups excluding carboxylic acids is 2. The van der Waals surface area contributed by atoms with Crippen LogP contribution in [0.3, 0.4) is 0 Å². The van der Waals surface area contributed by atoms with Gasteiger partial charge in [-0.2, -0.15) is 0 Å². The Balaban J connectivity index is 1.29. The summed E-state index contributed by atoms with van der Waals surface area (Å²) in [6.45, 7) is 1.69. The van der Waals surface area contributed by atoms with Gasteiger partial charge in [0.1, 0.15) is 16.6 Å². The topological polar surface area (TPSA) is 71.8 Å².